The summed E-state index contributed by atoms with van der Waals surface area (Å²) in [4.78, 5) is 12.0. The number of aryl methyl sites for hydroxylation is 3. The van der Waals surface area contributed by atoms with Crippen LogP contribution in [0.2, 0.25) is 0 Å². The van der Waals surface area contributed by atoms with Crippen LogP contribution >= 0.6 is 0 Å². The van der Waals surface area contributed by atoms with Crippen molar-refractivity contribution >= 4 is 5.78 Å². The fourth-order valence-corrected chi connectivity index (χ4v) is 2.29. The first-order chi connectivity index (χ1) is 9.45. The van der Waals surface area contributed by atoms with E-state index < -0.39 is 11.6 Å². The van der Waals surface area contributed by atoms with Gasteiger partial charge < -0.3 is 0 Å². The molecule has 0 atom stereocenters. The largest absolute Gasteiger partial charge is 0.294 e. The molecule has 0 heterocycles. The molecular formula is C17H16F2O. The van der Waals surface area contributed by atoms with E-state index in [0.717, 1.165) is 28.8 Å². The molecule has 0 radical (unpaired) electrons. The van der Waals surface area contributed by atoms with Crippen LogP contribution in [0.25, 0.3) is 0 Å². The molecule has 0 saturated heterocycles. The summed E-state index contributed by atoms with van der Waals surface area (Å²) in [6.07, 6.45) is 0.883. The average Bonchev–Trinajstić information content (AvgIpc) is 2.38. The monoisotopic (exact) mass is 274 g/mol. The number of halogens is 2. The van der Waals surface area contributed by atoms with Crippen LogP contribution in [-0.2, 0) is 6.42 Å². The van der Waals surface area contributed by atoms with E-state index in [1.54, 1.807) is 0 Å². The normalized spacial score (nSPS) is 10.6. The molecule has 0 aliphatic carbocycles. The Bertz CT molecular complexity index is 627. The van der Waals surface area contributed by atoms with Crippen molar-refractivity contribution in [3.63, 3.8) is 0 Å². The van der Waals surface area contributed by atoms with Gasteiger partial charge >= 0.3 is 0 Å². The number of carbonyl (C=O) groups is 1. The molecule has 0 saturated carbocycles. The van der Waals surface area contributed by atoms with Crippen LogP contribution in [0.5, 0.6) is 0 Å². The van der Waals surface area contributed by atoms with Gasteiger partial charge in [0, 0.05) is 12.0 Å². The Morgan fingerprint density at radius 1 is 0.950 bits per heavy atom. The van der Waals surface area contributed by atoms with E-state index in [9.17, 15) is 13.6 Å². The van der Waals surface area contributed by atoms with E-state index in [1.165, 1.54) is 6.07 Å². The predicted molar refractivity (Wildman–Crippen MR) is 74.9 cm³/mol. The maximum Gasteiger partial charge on any atom is 0.163 e. The topological polar surface area (TPSA) is 17.1 Å². The van der Waals surface area contributed by atoms with Gasteiger partial charge in [-0.2, -0.15) is 0 Å². The summed E-state index contributed by atoms with van der Waals surface area (Å²) in [6.45, 7) is 4.02. The van der Waals surface area contributed by atoms with Crippen molar-refractivity contribution in [2.45, 2.75) is 26.7 Å². The highest BCUT2D eigenvalue weighted by Crippen LogP contribution is 2.14. The van der Waals surface area contributed by atoms with Crippen LogP contribution in [0.1, 0.15) is 33.5 Å². The smallest absolute Gasteiger partial charge is 0.163 e. The zero-order valence-electron chi connectivity index (χ0n) is 11.5. The zero-order chi connectivity index (χ0) is 14.7. The number of hydrogen-bond donors (Lipinski definition) is 0. The van der Waals surface area contributed by atoms with E-state index in [0.29, 0.717) is 6.42 Å². The summed E-state index contributed by atoms with van der Waals surface area (Å²) in [5.74, 6) is -2.10. The predicted octanol–water partition coefficient (Wildman–Crippen LogP) is 4.40. The van der Waals surface area contributed by atoms with Crippen molar-refractivity contribution in [2.75, 3.05) is 0 Å². The molecule has 104 valence electrons. The number of carbonyl (C=O) groups excluding carboxylic acids is 1. The van der Waals surface area contributed by atoms with E-state index in [-0.39, 0.29) is 17.8 Å². The molecule has 2 rings (SSSR count). The Balaban J connectivity index is 2.06. The molecule has 0 aliphatic heterocycles. The summed E-state index contributed by atoms with van der Waals surface area (Å²) in [5, 5.41) is 0. The molecule has 0 amide bonds. The first-order valence-electron chi connectivity index (χ1n) is 6.51. The molecule has 20 heavy (non-hydrogen) atoms. The van der Waals surface area contributed by atoms with Gasteiger partial charge in [0.05, 0.1) is 0 Å². The molecule has 2 aromatic rings. The Kier molecular flexibility index (Phi) is 4.28. The standard InChI is InChI=1S/C17H16F2O/c1-11-7-12(2)9-13(8-11)3-6-17(20)14-4-5-15(18)16(19)10-14/h4-5,7-10H,3,6H2,1-2H3. The summed E-state index contributed by atoms with van der Waals surface area (Å²) >= 11 is 0. The van der Waals surface area contributed by atoms with E-state index in [4.69, 9.17) is 0 Å². The van der Waals surface area contributed by atoms with Gasteiger partial charge in [0.2, 0.25) is 0 Å². The van der Waals surface area contributed by atoms with Crippen LogP contribution < -0.4 is 0 Å². The second kappa shape index (κ2) is 5.95. The van der Waals surface area contributed by atoms with Crippen molar-refractivity contribution < 1.29 is 13.6 Å². The average molecular weight is 274 g/mol. The van der Waals surface area contributed by atoms with E-state index >= 15 is 0 Å². The second-order valence-electron chi connectivity index (χ2n) is 5.05. The molecule has 0 bridgehead atoms. The van der Waals surface area contributed by atoms with Crippen molar-refractivity contribution in [1.82, 2.24) is 0 Å². The third-order valence-corrected chi connectivity index (χ3v) is 3.16. The van der Waals surface area contributed by atoms with Gasteiger partial charge in [-0.15, -0.1) is 0 Å². The maximum atomic E-state index is 13.1. The van der Waals surface area contributed by atoms with Gasteiger partial charge in [-0.3, -0.25) is 4.79 Å². The van der Waals surface area contributed by atoms with E-state index in [1.807, 2.05) is 26.0 Å². The molecular weight excluding hydrogens is 258 g/mol. The fraction of sp³-hybridized carbons (Fsp3) is 0.235. The van der Waals surface area contributed by atoms with Crippen LogP contribution in [0.15, 0.2) is 36.4 Å². The molecule has 2 aromatic carbocycles. The molecule has 0 aromatic heterocycles. The number of benzene rings is 2. The lowest BCUT2D eigenvalue weighted by atomic mass is 10.00. The number of Topliss-reactive ketones (excluding diaryl/α,β-unsaturated/α-hetero) is 1. The molecule has 1 nitrogen and oxygen atoms in total. The quantitative estimate of drug-likeness (QED) is 0.755. The maximum absolute atomic E-state index is 13.1. The highest BCUT2D eigenvalue weighted by Gasteiger charge is 2.10. The molecule has 0 aliphatic rings. The Labute approximate surface area is 117 Å². The minimum Gasteiger partial charge on any atom is -0.294 e. The highest BCUT2D eigenvalue weighted by atomic mass is 19.2. The van der Waals surface area contributed by atoms with Crippen molar-refractivity contribution in [3.05, 3.63) is 70.3 Å². The summed E-state index contributed by atoms with van der Waals surface area (Å²) < 4.78 is 25.9. The van der Waals surface area contributed by atoms with Gasteiger partial charge in [-0.1, -0.05) is 29.3 Å². The Morgan fingerprint density at radius 3 is 2.20 bits per heavy atom. The zero-order valence-corrected chi connectivity index (χ0v) is 11.5. The fourth-order valence-electron chi connectivity index (χ4n) is 2.29. The van der Waals surface area contributed by atoms with Gasteiger partial charge in [0.1, 0.15) is 0 Å². The van der Waals surface area contributed by atoms with Gasteiger partial charge in [0.15, 0.2) is 17.4 Å². The number of ketones is 1. The molecule has 0 unspecified atom stereocenters. The van der Waals surface area contributed by atoms with Gasteiger partial charge in [-0.25, -0.2) is 8.78 Å². The number of rotatable bonds is 4. The van der Waals surface area contributed by atoms with E-state index in [2.05, 4.69) is 6.07 Å². The van der Waals surface area contributed by atoms with Crippen LogP contribution in [0, 0.1) is 25.5 Å². The summed E-state index contributed by atoms with van der Waals surface area (Å²) in [5.41, 5.74) is 3.60. The van der Waals surface area contributed by atoms with Crippen LogP contribution in [0.3, 0.4) is 0 Å². The minimum absolute atomic E-state index is 0.178. The first kappa shape index (κ1) is 14.4. The van der Waals surface area contributed by atoms with Crippen molar-refractivity contribution in [2.24, 2.45) is 0 Å². The summed E-state index contributed by atoms with van der Waals surface area (Å²) in [7, 11) is 0. The third kappa shape index (κ3) is 3.50. The summed E-state index contributed by atoms with van der Waals surface area (Å²) in [6, 6.07) is 9.40. The minimum atomic E-state index is -0.984. The Morgan fingerprint density at radius 2 is 1.60 bits per heavy atom. The Hall–Kier alpha value is -2.03. The van der Waals surface area contributed by atoms with Gasteiger partial charge in [0.25, 0.3) is 0 Å². The number of hydrogen-bond acceptors (Lipinski definition) is 1. The highest BCUT2D eigenvalue weighted by molar-refractivity contribution is 5.96. The molecule has 0 spiro atoms. The SMILES string of the molecule is Cc1cc(C)cc(CCC(=O)c2ccc(F)c(F)c2)c1. The molecule has 0 fully saturated rings. The second-order valence-corrected chi connectivity index (χ2v) is 5.05. The van der Waals surface area contributed by atoms with Crippen LogP contribution in [-0.4, -0.2) is 5.78 Å². The van der Waals surface area contributed by atoms with Crippen molar-refractivity contribution in [1.29, 1.82) is 0 Å². The molecule has 3 heteroatoms. The van der Waals surface area contributed by atoms with Crippen molar-refractivity contribution in [3.8, 4) is 0 Å². The lowest BCUT2D eigenvalue weighted by Crippen LogP contribution is -2.03. The van der Waals surface area contributed by atoms with Crippen LogP contribution in [0.4, 0.5) is 8.78 Å². The van der Waals surface area contributed by atoms with Gasteiger partial charge in [-0.05, 0) is 44.0 Å². The molecule has 0 N–H and O–H groups in total. The third-order valence-electron chi connectivity index (χ3n) is 3.16. The lowest BCUT2D eigenvalue weighted by Gasteiger charge is -2.05. The first-order valence-corrected chi connectivity index (χ1v) is 6.51. The lowest BCUT2D eigenvalue weighted by molar-refractivity contribution is 0.0982.